The highest BCUT2D eigenvalue weighted by molar-refractivity contribution is 7.80. The molecule has 0 aliphatic carbocycles. The van der Waals surface area contributed by atoms with Crippen molar-refractivity contribution in [2.45, 2.75) is 33.3 Å². The van der Waals surface area contributed by atoms with Crippen LogP contribution in [0.1, 0.15) is 53.4 Å². The van der Waals surface area contributed by atoms with Crippen LogP contribution in [0.3, 0.4) is 0 Å². The number of hydrogen-bond donors (Lipinski definition) is 1. The Labute approximate surface area is 181 Å². The van der Waals surface area contributed by atoms with E-state index in [1.807, 2.05) is 75.4 Å². The third kappa shape index (κ3) is 2.97. The maximum Gasteiger partial charge on any atom is 0.340 e. The largest absolute Gasteiger partial charge is 0.456 e. The predicted octanol–water partition coefficient (Wildman–Crippen LogP) is 6.35. The van der Waals surface area contributed by atoms with Gasteiger partial charge in [0.05, 0.1) is 10.6 Å². The average Bonchev–Trinajstić information content (AvgIpc) is 3.02. The van der Waals surface area contributed by atoms with Crippen LogP contribution in [-0.2, 0) is 10.3 Å². The van der Waals surface area contributed by atoms with E-state index in [0.717, 1.165) is 27.9 Å². The summed E-state index contributed by atoms with van der Waals surface area (Å²) in [6.45, 7) is 7.81. The highest BCUT2D eigenvalue weighted by Gasteiger charge is 2.53. The van der Waals surface area contributed by atoms with E-state index in [4.69, 9.17) is 21.7 Å². The molecule has 1 atom stereocenters. The highest BCUT2D eigenvalue weighted by atomic mass is 32.1. The van der Waals surface area contributed by atoms with Crippen LogP contribution >= 0.6 is 12.2 Å². The molecule has 0 fully saturated rings. The van der Waals surface area contributed by atoms with E-state index in [2.05, 4.69) is 5.32 Å². The molecule has 152 valence electrons. The van der Waals surface area contributed by atoms with Crippen molar-refractivity contribution in [2.75, 3.05) is 5.32 Å². The lowest BCUT2D eigenvalue weighted by molar-refractivity contribution is 0.0224. The van der Waals surface area contributed by atoms with Gasteiger partial charge in [0.15, 0.2) is 5.60 Å². The summed E-state index contributed by atoms with van der Waals surface area (Å²) in [5.41, 5.74) is 3.82. The fourth-order valence-corrected chi connectivity index (χ4v) is 4.18. The van der Waals surface area contributed by atoms with Gasteiger partial charge in [-0.1, -0.05) is 62.5 Å². The van der Waals surface area contributed by atoms with E-state index >= 15 is 0 Å². The topological polar surface area (TPSA) is 47.6 Å². The Bertz CT molecular complexity index is 1170. The number of fused-ring (bicyclic) bond motifs is 6. The Morgan fingerprint density at radius 1 is 0.933 bits per heavy atom. The molecule has 0 saturated carbocycles. The molecule has 0 radical (unpaired) electrons. The molecule has 1 spiro atoms. The number of anilines is 1. The number of carbonyl (C=O) groups excluding carboxylic acids is 1. The van der Waals surface area contributed by atoms with Crippen molar-refractivity contribution in [3.8, 4) is 11.5 Å². The van der Waals surface area contributed by atoms with Crippen molar-refractivity contribution >= 4 is 28.9 Å². The highest BCUT2D eigenvalue weighted by Crippen LogP contribution is 2.56. The van der Waals surface area contributed by atoms with Gasteiger partial charge in [0.25, 0.3) is 0 Å². The molecule has 5 heteroatoms. The van der Waals surface area contributed by atoms with Crippen LogP contribution in [0, 0.1) is 6.92 Å². The van der Waals surface area contributed by atoms with Crippen molar-refractivity contribution in [3.05, 3.63) is 88.5 Å². The van der Waals surface area contributed by atoms with Gasteiger partial charge in [-0.2, -0.15) is 0 Å². The fourth-order valence-electron chi connectivity index (χ4n) is 4.07. The minimum Gasteiger partial charge on any atom is -0.456 e. The van der Waals surface area contributed by atoms with E-state index < -0.39 is 5.60 Å². The van der Waals surface area contributed by atoms with Gasteiger partial charge in [0.1, 0.15) is 11.5 Å². The van der Waals surface area contributed by atoms with Crippen molar-refractivity contribution < 1.29 is 14.3 Å². The summed E-state index contributed by atoms with van der Waals surface area (Å²) in [5.74, 6) is 1.04. The van der Waals surface area contributed by atoms with E-state index in [1.165, 1.54) is 0 Å². The molecular formula is C25H23NO3S. The van der Waals surface area contributed by atoms with Gasteiger partial charge in [-0.3, -0.25) is 0 Å². The number of aryl methyl sites for hydroxylation is 1. The average molecular weight is 418 g/mol. The first-order valence-electron chi connectivity index (χ1n) is 10.0. The number of nitrogens with one attached hydrogen (secondary N) is 1. The molecule has 0 bridgehead atoms. The van der Waals surface area contributed by atoms with Crippen LogP contribution in [0.4, 0.5) is 5.69 Å². The summed E-state index contributed by atoms with van der Waals surface area (Å²) < 4.78 is 12.3. The van der Waals surface area contributed by atoms with Gasteiger partial charge in [0, 0.05) is 22.4 Å². The lowest BCUT2D eigenvalue weighted by Crippen LogP contribution is -2.33. The monoisotopic (exact) mass is 417 g/mol. The first kappa shape index (κ1) is 20.1. The molecule has 3 aromatic carbocycles. The minimum atomic E-state index is -1.02. The summed E-state index contributed by atoms with van der Waals surface area (Å²) in [7, 11) is 0. The fraction of sp³-hybridized carbons (Fsp3) is 0.200. The molecule has 2 aliphatic heterocycles. The van der Waals surface area contributed by atoms with Crippen LogP contribution < -0.4 is 10.1 Å². The van der Waals surface area contributed by atoms with Crippen molar-refractivity contribution in [1.82, 2.24) is 0 Å². The number of benzene rings is 3. The number of para-hydroxylation sites is 1. The molecule has 2 heterocycles. The molecule has 0 amide bonds. The van der Waals surface area contributed by atoms with E-state index in [9.17, 15) is 4.79 Å². The summed E-state index contributed by atoms with van der Waals surface area (Å²) in [6, 6.07) is 19.3. The lowest BCUT2D eigenvalue weighted by Gasteiger charge is -2.36. The lowest BCUT2D eigenvalue weighted by atomic mass is 9.77. The van der Waals surface area contributed by atoms with Gasteiger partial charge in [0.2, 0.25) is 0 Å². The van der Waals surface area contributed by atoms with Crippen LogP contribution in [0.25, 0.3) is 0 Å². The normalized spacial score (nSPS) is 17.5. The summed E-state index contributed by atoms with van der Waals surface area (Å²) in [5, 5.41) is 3.09. The molecule has 3 aromatic rings. The van der Waals surface area contributed by atoms with Crippen LogP contribution in [0.2, 0.25) is 0 Å². The third-order valence-corrected chi connectivity index (χ3v) is 5.29. The van der Waals surface area contributed by atoms with Crippen LogP contribution in [0.15, 0.2) is 60.7 Å². The molecule has 5 rings (SSSR count). The molecule has 0 saturated heterocycles. The maximum atomic E-state index is 12.9. The van der Waals surface area contributed by atoms with Gasteiger partial charge in [-0.25, -0.2) is 4.79 Å². The standard InChI is InChI=1S/C23H17NO3S.C2H6/c1-13-7-9-19-21(11-13)26-20-6-4-3-5-18(20)23(19)17-10-8-15(24-14(2)28)12-16(17)22(25)27-23;1-2/h3-12H,1-2H3,(H,24,28);1-2H3. The first-order chi connectivity index (χ1) is 14.5. The number of rotatable bonds is 1. The molecule has 4 nitrogen and oxygen atoms in total. The van der Waals surface area contributed by atoms with Crippen molar-refractivity contribution in [3.63, 3.8) is 0 Å². The van der Waals surface area contributed by atoms with Crippen molar-refractivity contribution in [2.24, 2.45) is 0 Å². The summed E-state index contributed by atoms with van der Waals surface area (Å²) >= 11 is 5.13. The molecule has 30 heavy (non-hydrogen) atoms. The summed E-state index contributed by atoms with van der Waals surface area (Å²) in [4.78, 5) is 13.6. The smallest absolute Gasteiger partial charge is 0.340 e. The second kappa shape index (κ2) is 7.58. The van der Waals surface area contributed by atoms with Crippen LogP contribution in [0.5, 0.6) is 11.5 Å². The Morgan fingerprint density at radius 2 is 1.63 bits per heavy atom. The number of carbonyl (C=O) groups is 1. The maximum absolute atomic E-state index is 12.9. The summed E-state index contributed by atoms with van der Waals surface area (Å²) in [6.07, 6.45) is 0. The SMILES string of the molecule is CC.CC(=S)Nc1ccc2c(c1)C(=O)OC21c2ccccc2Oc2cc(C)ccc21. The van der Waals surface area contributed by atoms with Crippen LogP contribution in [-0.4, -0.2) is 11.0 Å². The number of hydrogen-bond acceptors (Lipinski definition) is 4. The Balaban J connectivity index is 0.00000106. The third-order valence-electron chi connectivity index (χ3n) is 5.19. The second-order valence-electron chi connectivity index (χ2n) is 7.11. The van der Waals surface area contributed by atoms with E-state index in [-0.39, 0.29) is 5.97 Å². The number of ether oxygens (including phenoxy) is 2. The number of thiocarbonyl (C=S) groups is 1. The van der Waals surface area contributed by atoms with E-state index in [0.29, 0.717) is 22.1 Å². The zero-order valence-electron chi connectivity index (χ0n) is 17.4. The van der Waals surface area contributed by atoms with Gasteiger partial charge < -0.3 is 14.8 Å². The zero-order valence-corrected chi connectivity index (χ0v) is 18.2. The molecule has 1 N–H and O–H groups in total. The Hall–Kier alpha value is -3.18. The molecule has 1 unspecified atom stereocenters. The predicted molar refractivity (Wildman–Crippen MR) is 123 cm³/mol. The van der Waals surface area contributed by atoms with Crippen molar-refractivity contribution in [1.29, 1.82) is 0 Å². The van der Waals surface area contributed by atoms with Gasteiger partial charge >= 0.3 is 5.97 Å². The van der Waals surface area contributed by atoms with Gasteiger partial charge in [-0.05, 0) is 43.7 Å². The zero-order chi connectivity index (χ0) is 21.5. The minimum absolute atomic E-state index is 0.358. The van der Waals surface area contributed by atoms with E-state index in [1.54, 1.807) is 13.0 Å². The number of esters is 1. The Morgan fingerprint density at radius 3 is 2.40 bits per heavy atom. The quantitative estimate of drug-likeness (QED) is 0.369. The van der Waals surface area contributed by atoms with Gasteiger partial charge in [-0.15, -0.1) is 0 Å². The second-order valence-corrected chi connectivity index (χ2v) is 7.72. The first-order valence-corrected chi connectivity index (χ1v) is 10.4. The molecule has 0 aromatic heterocycles. The molecule has 2 aliphatic rings. The Kier molecular flexibility index (Phi) is 5.08. The molecular weight excluding hydrogens is 394 g/mol.